The summed E-state index contributed by atoms with van der Waals surface area (Å²) in [5.41, 5.74) is 2.37. The minimum Gasteiger partial charge on any atom is -0.496 e. The lowest BCUT2D eigenvalue weighted by Crippen LogP contribution is -2.48. The third-order valence-electron chi connectivity index (χ3n) is 8.35. The maximum atomic E-state index is 14.2. The van der Waals surface area contributed by atoms with Crippen molar-refractivity contribution in [1.82, 2.24) is 19.8 Å². The minimum atomic E-state index is -0.509. The van der Waals surface area contributed by atoms with E-state index in [0.717, 1.165) is 14.9 Å². The maximum Gasteiger partial charge on any atom is 0.321 e. The SMILES string of the molecule is COc1ccccc1CNC(C)=O.COc1ccccc1C[N+](C(C)=O)(c1ccc(Cl)nc1Oc1ccc(F)cc1)c1ccc(Cl)nc1Oc1ccc(I)cc1. The third-order valence-corrected chi connectivity index (χ3v) is 9.49. The normalized spacial score (nSPS) is 11.6. The molecular weight excluding hydrogens is 873 g/mol. The Balaban J connectivity index is 0.000000392. The maximum absolute atomic E-state index is 14.2. The molecule has 0 saturated heterocycles. The van der Waals surface area contributed by atoms with Crippen molar-refractivity contribution in [2.75, 3.05) is 14.2 Å². The number of nitrogens with zero attached hydrogens (tertiary/aromatic N) is 3. The molecule has 4 aromatic carbocycles. The second-order valence-electron chi connectivity index (χ2n) is 12.0. The van der Waals surface area contributed by atoms with E-state index in [1.54, 1.807) is 50.6 Å². The van der Waals surface area contributed by atoms with E-state index in [1.807, 2.05) is 60.7 Å². The second kappa shape index (κ2) is 19.5. The van der Waals surface area contributed by atoms with Crippen molar-refractivity contribution in [3.05, 3.63) is 152 Å². The zero-order valence-electron chi connectivity index (χ0n) is 30.8. The predicted octanol–water partition coefficient (Wildman–Crippen LogP) is 10.8. The molecule has 288 valence electrons. The van der Waals surface area contributed by atoms with Crippen LogP contribution in [0.2, 0.25) is 10.3 Å². The van der Waals surface area contributed by atoms with Crippen molar-refractivity contribution in [2.24, 2.45) is 0 Å². The molecule has 0 fully saturated rings. The molecule has 6 aromatic rings. The highest BCUT2D eigenvalue weighted by Crippen LogP contribution is 2.49. The number of aromatic nitrogens is 2. The Kier molecular flexibility index (Phi) is 14.6. The van der Waals surface area contributed by atoms with Gasteiger partial charge in [0, 0.05) is 40.3 Å². The average molecular weight is 911 g/mol. The van der Waals surface area contributed by atoms with Crippen LogP contribution in [0, 0.1) is 9.39 Å². The van der Waals surface area contributed by atoms with E-state index in [0.29, 0.717) is 40.7 Å². The van der Waals surface area contributed by atoms with Crippen LogP contribution in [0.1, 0.15) is 25.0 Å². The molecule has 2 heterocycles. The Morgan fingerprint density at radius 2 is 1.14 bits per heavy atom. The Hall–Kier alpha value is -5.28. The first-order chi connectivity index (χ1) is 26.9. The first kappa shape index (κ1) is 41.9. The third kappa shape index (κ3) is 10.5. The van der Waals surface area contributed by atoms with Gasteiger partial charge < -0.3 is 24.3 Å². The van der Waals surface area contributed by atoms with Crippen LogP contribution in [0.25, 0.3) is 0 Å². The van der Waals surface area contributed by atoms with Crippen LogP contribution >= 0.6 is 45.8 Å². The molecule has 0 radical (unpaired) electrons. The molecule has 0 saturated carbocycles. The van der Waals surface area contributed by atoms with Gasteiger partial charge in [-0.25, -0.2) is 9.18 Å². The van der Waals surface area contributed by atoms with E-state index in [9.17, 15) is 14.0 Å². The van der Waals surface area contributed by atoms with Gasteiger partial charge in [-0.3, -0.25) is 4.79 Å². The topological polar surface area (TPSA) is 109 Å². The summed E-state index contributed by atoms with van der Waals surface area (Å²) in [6.07, 6.45) is 0. The van der Waals surface area contributed by atoms with Gasteiger partial charge in [-0.05, 0) is 101 Å². The molecule has 6 rings (SSSR count). The number of carbonyl (C=O) groups excluding carboxylic acids is 2. The molecule has 0 aliphatic carbocycles. The van der Waals surface area contributed by atoms with Crippen molar-refractivity contribution in [3.8, 4) is 34.8 Å². The van der Waals surface area contributed by atoms with Gasteiger partial charge in [0.25, 0.3) is 11.8 Å². The van der Waals surface area contributed by atoms with Gasteiger partial charge in [-0.15, -0.1) is 0 Å². The molecule has 2 amide bonds. The fourth-order valence-corrected chi connectivity index (χ4v) is 6.33. The number of quaternary nitrogens is 1. The quantitative estimate of drug-likeness (QED) is 0.0735. The smallest absolute Gasteiger partial charge is 0.321 e. The Bertz CT molecular complexity index is 2200. The lowest BCUT2D eigenvalue weighted by Gasteiger charge is -2.35. The lowest BCUT2D eigenvalue weighted by atomic mass is 10.1. The van der Waals surface area contributed by atoms with Crippen LogP contribution in [0.15, 0.2) is 121 Å². The number of nitrogens with one attached hydrogen (secondary N) is 1. The summed E-state index contributed by atoms with van der Waals surface area (Å²) in [7, 11) is 3.18. The Morgan fingerprint density at radius 1 is 0.679 bits per heavy atom. The summed E-state index contributed by atoms with van der Waals surface area (Å²) in [6.45, 7) is 3.51. The van der Waals surface area contributed by atoms with Crippen LogP contribution in [0.4, 0.5) is 15.8 Å². The highest BCUT2D eigenvalue weighted by molar-refractivity contribution is 14.1. The molecule has 1 atom stereocenters. The summed E-state index contributed by atoms with van der Waals surface area (Å²) in [6, 6.07) is 34.3. The van der Waals surface area contributed by atoms with E-state index in [2.05, 4.69) is 37.9 Å². The van der Waals surface area contributed by atoms with E-state index >= 15 is 0 Å². The number of methoxy groups -OCH3 is 2. The van der Waals surface area contributed by atoms with E-state index in [4.69, 9.17) is 42.1 Å². The zero-order chi connectivity index (χ0) is 40.2. The summed E-state index contributed by atoms with van der Waals surface area (Å²) in [5, 5.41) is 3.01. The molecule has 0 aliphatic rings. The Labute approximate surface area is 347 Å². The molecule has 1 N–H and O–H groups in total. The molecule has 14 heteroatoms. The summed E-state index contributed by atoms with van der Waals surface area (Å²) in [5.74, 6) is 1.49. The molecule has 56 heavy (non-hydrogen) atoms. The number of para-hydroxylation sites is 2. The van der Waals surface area contributed by atoms with Crippen molar-refractivity contribution >= 4 is 69.0 Å². The number of benzene rings is 4. The van der Waals surface area contributed by atoms with Crippen LogP contribution in [-0.4, -0.2) is 36.0 Å². The molecule has 2 aromatic heterocycles. The fourth-order valence-electron chi connectivity index (χ4n) is 5.69. The van der Waals surface area contributed by atoms with Gasteiger partial charge in [0.15, 0.2) is 0 Å². The zero-order valence-corrected chi connectivity index (χ0v) is 34.4. The van der Waals surface area contributed by atoms with Crippen LogP contribution in [-0.2, 0) is 22.7 Å². The molecule has 0 spiro atoms. The van der Waals surface area contributed by atoms with Crippen molar-refractivity contribution in [3.63, 3.8) is 0 Å². The van der Waals surface area contributed by atoms with Gasteiger partial charge in [0.2, 0.25) is 17.3 Å². The monoisotopic (exact) mass is 909 g/mol. The summed E-state index contributed by atoms with van der Waals surface area (Å²) < 4.78 is 37.4. The first-order valence-corrected chi connectivity index (χ1v) is 18.9. The van der Waals surface area contributed by atoms with E-state index in [1.165, 1.54) is 38.1 Å². The van der Waals surface area contributed by atoms with E-state index < -0.39 is 10.3 Å². The molecule has 10 nitrogen and oxygen atoms in total. The van der Waals surface area contributed by atoms with Crippen molar-refractivity contribution in [1.29, 1.82) is 0 Å². The van der Waals surface area contributed by atoms with Gasteiger partial charge in [0.05, 0.1) is 21.1 Å². The van der Waals surface area contributed by atoms with Gasteiger partial charge in [-0.2, -0.15) is 14.5 Å². The standard InChI is InChI=1S/C32H24Cl2FIN3O4.C10H13NO2/c1-20(40)39(19-21-5-3-4-6-28(21)41-2,26-15-17-29(33)37-31(26)42-24-11-7-22(35)8-12-24)27-16-18-30(34)38-32(27)43-25-13-9-23(36)10-14-25;1-8(12)11-7-9-5-3-4-6-10(9)13-2/h3-18H,19H2,1-2H3;3-6H,7H2,1-2H3,(H,11,12)/q+1;. The second-order valence-corrected chi connectivity index (χ2v) is 14.1. The summed E-state index contributed by atoms with van der Waals surface area (Å²) in [4.78, 5) is 33.8. The van der Waals surface area contributed by atoms with Crippen LogP contribution in [0.3, 0.4) is 0 Å². The van der Waals surface area contributed by atoms with Crippen LogP contribution in [0.5, 0.6) is 34.8 Å². The molecule has 0 aliphatic heterocycles. The minimum absolute atomic E-state index is 0.0272. The molecular formula is C42H37Cl2FIN4O6+. The van der Waals surface area contributed by atoms with E-state index in [-0.39, 0.29) is 40.4 Å². The van der Waals surface area contributed by atoms with Gasteiger partial charge >= 0.3 is 5.91 Å². The highest BCUT2D eigenvalue weighted by atomic mass is 127. The number of ether oxygens (including phenoxy) is 4. The number of hydrogen-bond acceptors (Lipinski definition) is 8. The van der Waals surface area contributed by atoms with Crippen molar-refractivity contribution < 1.29 is 32.9 Å². The largest absolute Gasteiger partial charge is 0.496 e. The molecule has 0 bridgehead atoms. The highest BCUT2D eigenvalue weighted by Gasteiger charge is 2.46. The molecule has 1 unspecified atom stereocenters. The van der Waals surface area contributed by atoms with Gasteiger partial charge in [-0.1, -0.05) is 53.5 Å². The Morgan fingerprint density at radius 3 is 1.62 bits per heavy atom. The van der Waals surface area contributed by atoms with Crippen molar-refractivity contribution in [2.45, 2.75) is 26.9 Å². The average Bonchev–Trinajstić information content (AvgIpc) is 3.19. The first-order valence-electron chi connectivity index (χ1n) is 17.0. The number of amides is 2. The number of carbonyl (C=O) groups is 2. The number of hydrogen-bond donors (Lipinski definition) is 1. The van der Waals surface area contributed by atoms with Gasteiger partial charge in [0.1, 0.15) is 45.7 Å². The summed E-state index contributed by atoms with van der Waals surface area (Å²) >= 11 is 14.9. The van der Waals surface area contributed by atoms with Crippen LogP contribution < -0.4 is 28.7 Å². The predicted molar refractivity (Wildman–Crippen MR) is 224 cm³/mol. The number of rotatable bonds is 12. The fraction of sp³-hybridized carbons (Fsp3) is 0.143. The number of pyridine rings is 2. The lowest BCUT2D eigenvalue weighted by molar-refractivity contribution is -0.126. The number of halogens is 4.